The van der Waals surface area contributed by atoms with Crippen molar-refractivity contribution in [2.75, 3.05) is 7.11 Å². The topological polar surface area (TPSA) is 64.4 Å². The van der Waals surface area contributed by atoms with Gasteiger partial charge in [0.25, 0.3) is 5.69 Å². The third-order valence-electron chi connectivity index (χ3n) is 4.45. The minimum atomic E-state index is -0.368. The van der Waals surface area contributed by atoms with Crippen LogP contribution in [0.5, 0.6) is 5.75 Å². The van der Waals surface area contributed by atoms with Gasteiger partial charge in [-0.2, -0.15) is 0 Å². The van der Waals surface area contributed by atoms with Crippen molar-refractivity contribution in [2.45, 2.75) is 51.6 Å². The zero-order chi connectivity index (χ0) is 15.2. The van der Waals surface area contributed by atoms with E-state index in [9.17, 15) is 10.1 Å². The molecule has 2 rings (SSSR count). The molecule has 0 aliphatic heterocycles. The maximum Gasteiger partial charge on any atom is 0.270 e. The van der Waals surface area contributed by atoms with E-state index in [1.807, 2.05) is 0 Å². The monoisotopic (exact) mass is 292 g/mol. The third kappa shape index (κ3) is 4.17. The maximum atomic E-state index is 10.9. The lowest BCUT2D eigenvalue weighted by molar-refractivity contribution is -0.384. The van der Waals surface area contributed by atoms with Gasteiger partial charge in [0, 0.05) is 30.3 Å². The minimum Gasteiger partial charge on any atom is -0.496 e. The van der Waals surface area contributed by atoms with Crippen LogP contribution in [0.15, 0.2) is 18.2 Å². The number of nitro groups is 1. The zero-order valence-electron chi connectivity index (χ0n) is 12.8. The summed E-state index contributed by atoms with van der Waals surface area (Å²) in [5.74, 6) is 1.41. The lowest BCUT2D eigenvalue weighted by Gasteiger charge is -2.28. The van der Waals surface area contributed by atoms with Crippen molar-refractivity contribution in [3.05, 3.63) is 33.9 Å². The molecule has 21 heavy (non-hydrogen) atoms. The molecule has 1 fully saturated rings. The van der Waals surface area contributed by atoms with E-state index in [-0.39, 0.29) is 10.6 Å². The second-order valence-corrected chi connectivity index (χ2v) is 5.82. The molecule has 0 saturated heterocycles. The highest BCUT2D eigenvalue weighted by atomic mass is 16.6. The van der Waals surface area contributed by atoms with E-state index in [4.69, 9.17) is 4.74 Å². The van der Waals surface area contributed by atoms with Gasteiger partial charge in [0.05, 0.1) is 12.0 Å². The summed E-state index contributed by atoms with van der Waals surface area (Å²) in [4.78, 5) is 10.5. The molecule has 1 unspecified atom stereocenters. The molecule has 1 aliphatic rings. The Morgan fingerprint density at radius 3 is 2.71 bits per heavy atom. The molecule has 5 heteroatoms. The second-order valence-electron chi connectivity index (χ2n) is 5.82. The number of nitrogens with zero attached hydrogens (tertiary/aromatic N) is 1. The number of rotatable bonds is 6. The molecular formula is C16H24N2O3. The minimum absolute atomic E-state index is 0.109. The largest absolute Gasteiger partial charge is 0.496 e. The quantitative estimate of drug-likeness (QED) is 0.642. The van der Waals surface area contributed by atoms with Crippen LogP contribution in [-0.4, -0.2) is 18.1 Å². The molecule has 1 aromatic rings. The van der Waals surface area contributed by atoms with Crippen molar-refractivity contribution in [3.63, 3.8) is 0 Å². The molecule has 1 aliphatic carbocycles. The molecule has 0 aromatic heterocycles. The van der Waals surface area contributed by atoms with Crippen molar-refractivity contribution < 1.29 is 9.66 Å². The van der Waals surface area contributed by atoms with Crippen LogP contribution in [0.2, 0.25) is 0 Å². The molecule has 5 nitrogen and oxygen atoms in total. The summed E-state index contributed by atoms with van der Waals surface area (Å²) in [5.41, 5.74) is 0.951. The number of nitro benzene ring substituents is 1. The van der Waals surface area contributed by atoms with Crippen LogP contribution in [0.4, 0.5) is 5.69 Å². The van der Waals surface area contributed by atoms with Crippen LogP contribution in [0.25, 0.3) is 0 Å². The molecular weight excluding hydrogens is 268 g/mol. The van der Waals surface area contributed by atoms with Gasteiger partial charge in [-0.1, -0.05) is 19.3 Å². The summed E-state index contributed by atoms with van der Waals surface area (Å²) < 4.78 is 5.30. The summed E-state index contributed by atoms with van der Waals surface area (Å²) in [6, 6.07) is 5.17. The van der Waals surface area contributed by atoms with E-state index in [1.165, 1.54) is 38.2 Å². The van der Waals surface area contributed by atoms with E-state index >= 15 is 0 Å². The van der Waals surface area contributed by atoms with Crippen molar-refractivity contribution in [3.8, 4) is 5.75 Å². The lowest BCUT2D eigenvalue weighted by atomic mass is 9.84. The first-order chi connectivity index (χ1) is 10.1. The van der Waals surface area contributed by atoms with Gasteiger partial charge in [-0.3, -0.25) is 10.1 Å². The molecule has 1 N–H and O–H groups in total. The van der Waals surface area contributed by atoms with Crippen LogP contribution in [0.1, 0.15) is 44.6 Å². The van der Waals surface area contributed by atoms with Crippen LogP contribution < -0.4 is 10.1 Å². The molecule has 0 radical (unpaired) electrons. The summed E-state index contributed by atoms with van der Waals surface area (Å²) in [7, 11) is 1.59. The Bertz CT molecular complexity index is 484. The van der Waals surface area contributed by atoms with Gasteiger partial charge in [0.15, 0.2) is 0 Å². The van der Waals surface area contributed by atoms with Gasteiger partial charge in [0.2, 0.25) is 0 Å². The van der Waals surface area contributed by atoms with Gasteiger partial charge in [0.1, 0.15) is 5.75 Å². The lowest BCUT2D eigenvalue weighted by Crippen LogP contribution is -2.34. The number of non-ortho nitro benzene ring substituents is 1. The van der Waals surface area contributed by atoms with E-state index in [0.717, 1.165) is 5.56 Å². The molecule has 1 aromatic carbocycles. The molecule has 0 bridgehead atoms. The molecule has 116 valence electrons. The predicted octanol–water partition coefficient (Wildman–Crippen LogP) is 3.66. The van der Waals surface area contributed by atoms with E-state index in [2.05, 4.69) is 12.2 Å². The molecule has 1 atom stereocenters. The fourth-order valence-corrected chi connectivity index (χ4v) is 3.09. The summed E-state index contributed by atoms with van der Waals surface area (Å²) in [5, 5.41) is 14.4. The Morgan fingerprint density at radius 1 is 1.38 bits per heavy atom. The highest BCUT2D eigenvalue weighted by Gasteiger charge is 2.20. The van der Waals surface area contributed by atoms with E-state index in [1.54, 1.807) is 19.2 Å². The van der Waals surface area contributed by atoms with Crippen LogP contribution in [-0.2, 0) is 6.54 Å². The third-order valence-corrected chi connectivity index (χ3v) is 4.45. The van der Waals surface area contributed by atoms with Gasteiger partial charge >= 0.3 is 0 Å². The van der Waals surface area contributed by atoms with Gasteiger partial charge < -0.3 is 10.1 Å². The molecule has 0 amide bonds. The number of ether oxygens (including phenoxy) is 1. The summed E-state index contributed by atoms with van der Waals surface area (Å²) >= 11 is 0. The van der Waals surface area contributed by atoms with Crippen LogP contribution in [0, 0.1) is 16.0 Å². The Labute approximate surface area is 125 Å². The van der Waals surface area contributed by atoms with Gasteiger partial charge in [-0.25, -0.2) is 0 Å². The Morgan fingerprint density at radius 2 is 2.10 bits per heavy atom. The normalized spacial score (nSPS) is 17.4. The molecule has 1 saturated carbocycles. The number of nitrogens with one attached hydrogen (secondary N) is 1. The maximum absolute atomic E-state index is 10.9. The smallest absolute Gasteiger partial charge is 0.270 e. The second kappa shape index (κ2) is 7.41. The average molecular weight is 292 g/mol. The molecule has 0 heterocycles. The first-order valence-corrected chi connectivity index (χ1v) is 7.66. The zero-order valence-corrected chi connectivity index (χ0v) is 12.8. The number of hydrogen-bond acceptors (Lipinski definition) is 4. The molecule has 0 spiro atoms. The highest BCUT2D eigenvalue weighted by molar-refractivity contribution is 5.43. The Kier molecular flexibility index (Phi) is 5.56. The summed E-state index contributed by atoms with van der Waals surface area (Å²) in [6.07, 6.45) is 6.54. The van der Waals surface area contributed by atoms with Gasteiger partial charge in [-0.05, 0) is 31.7 Å². The fourth-order valence-electron chi connectivity index (χ4n) is 3.09. The van der Waals surface area contributed by atoms with Crippen molar-refractivity contribution in [1.29, 1.82) is 0 Å². The Hall–Kier alpha value is -1.62. The van der Waals surface area contributed by atoms with E-state index < -0.39 is 0 Å². The first-order valence-electron chi connectivity index (χ1n) is 7.66. The van der Waals surface area contributed by atoms with Crippen LogP contribution in [0.3, 0.4) is 0 Å². The highest BCUT2D eigenvalue weighted by Crippen LogP contribution is 2.28. The number of benzene rings is 1. The number of methoxy groups -OCH3 is 1. The van der Waals surface area contributed by atoms with Gasteiger partial charge in [-0.15, -0.1) is 0 Å². The van der Waals surface area contributed by atoms with Crippen molar-refractivity contribution in [1.82, 2.24) is 5.32 Å². The van der Waals surface area contributed by atoms with E-state index in [0.29, 0.717) is 24.3 Å². The predicted molar refractivity (Wildman–Crippen MR) is 82.5 cm³/mol. The first kappa shape index (κ1) is 15.8. The SMILES string of the molecule is COc1ccc([N+](=O)[O-])cc1CNC(C)C1CCCCC1. The fraction of sp³-hybridized carbons (Fsp3) is 0.625. The average Bonchev–Trinajstić information content (AvgIpc) is 2.53. The Balaban J connectivity index is 2.00. The summed E-state index contributed by atoms with van der Waals surface area (Å²) in [6.45, 7) is 2.81. The van der Waals surface area contributed by atoms with Crippen LogP contribution >= 0.6 is 0 Å². The standard InChI is InChI=1S/C16H24N2O3/c1-12(13-6-4-3-5-7-13)17-11-14-10-15(18(19)20)8-9-16(14)21-2/h8-10,12-13,17H,3-7,11H2,1-2H3. The number of hydrogen-bond donors (Lipinski definition) is 1. The van der Waals surface area contributed by atoms with Crippen molar-refractivity contribution in [2.24, 2.45) is 5.92 Å². The van der Waals surface area contributed by atoms with Crippen molar-refractivity contribution >= 4 is 5.69 Å².